The minimum atomic E-state index is -1.12. The first-order valence-electron chi connectivity index (χ1n) is 9.26. The van der Waals surface area contributed by atoms with E-state index >= 15 is 0 Å². The molecule has 0 aliphatic heterocycles. The van der Waals surface area contributed by atoms with Crippen LogP contribution in [0.25, 0.3) is 0 Å². The second-order valence-corrected chi connectivity index (χ2v) is 6.47. The summed E-state index contributed by atoms with van der Waals surface area (Å²) in [5, 5.41) is 18.8. The number of unbranched alkanes of at least 4 members (excludes halogenated alkanes) is 9. The summed E-state index contributed by atoms with van der Waals surface area (Å²) in [6.45, 7) is 4.50. The molecule has 136 valence electrons. The van der Waals surface area contributed by atoms with Crippen molar-refractivity contribution in [1.82, 2.24) is 0 Å². The minimum absolute atomic E-state index is 0.0544. The fraction of sp³-hybridized carbons (Fsp3) is 0.650. The van der Waals surface area contributed by atoms with E-state index in [1.807, 2.05) is 0 Å². The summed E-state index contributed by atoms with van der Waals surface area (Å²) in [5.41, 5.74) is 0.460. The molecule has 24 heavy (non-hydrogen) atoms. The number of phenols is 1. The van der Waals surface area contributed by atoms with Gasteiger partial charge in [-0.25, -0.2) is 4.79 Å². The van der Waals surface area contributed by atoms with E-state index in [4.69, 9.17) is 9.84 Å². The van der Waals surface area contributed by atoms with Gasteiger partial charge in [0.1, 0.15) is 17.1 Å². The zero-order valence-corrected chi connectivity index (χ0v) is 15.1. The van der Waals surface area contributed by atoms with Gasteiger partial charge in [0, 0.05) is 6.07 Å². The Morgan fingerprint density at radius 3 is 2.00 bits per heavy atom. The number of hydrogen-bond acceptors (Lipinski definition) is 3. The van der Waals surface area contributed by atoms with Gasteiger partial charge in [-0.3, -0.25) is 0 Å². The Labute approximate surface area is 145 Å². The Morgan fingerprint density at radius 2 is 1.50 bits per heavy atom. The van der Waals surface area contributed by atoms with Crippen LogP contribution in [0.2, 0.25) is 0 Å². The molecule has 2 N–H and O–H groups in total. The summed E-state index contributed by atoms with van der Waals surface area (Å²) in [4.78, 5) is 11.0. The summed E-state index contributed by atoms with van der Waals surface area (Å²) in [7, 11) is 0. The highest BCUT2D eigenvalue weighted by atomic mass is 16.5. The van der Waals surface area contributed by atoms with Gasteiger partial charge in [0.2, 0.25) is 0 Å². The molecule has 1 rings (SSSR count). The maximum absolute atomic E-state index is 11.0. The SMILES string of the molecule is CCCCCCCCCCCCOc1cc(C)c(C(=O)O)c(O)c1. The predicted octanol–water partition coefficient (Wildman–Crippen LogP) is 5.70. The summed E-state index contributed by atoms with van der Waals surface area (Å²) in [6, 6.07) is 3.05. The Hall–Kier alpha value is -1.71. The van der Waals surface area contributed by atoms with Crippen molar-refractivity contribution in [2.24, 2.45) is 0 Å². The van der Waals surface area contributed by atoms with Crippen molar-refractivity contribution >= 4 is 5.97 Å². The van der Waals surface area contributed by atoms with Gasteiger partial charge >= 0.3 is 5.97 Å². The second-order valence-electron chi connectivity index (χ2n) is 6.47. The van der Waals surface area contributed by atoms with Crippen molar-refractivity contribution in [2.45, 2.75) is 78.1 Å². The maximum atomic E-state index is 11.0. The van der Waals surface area contributed by atoms with Crippen LogP contribution in [-0.2, 0) is 0 Å². The van der Waals surface area contributed by atoms with Crippen LogP contribution >= 0.6 is 0 Å². The number of aromatic hydroxyl groups is 1. The van der Waals surface area contributed by atoms with Gasteiger partial charge < -0.3 is 14.9 Å². The molecule has 1 aromatic rings. The van der Waals surface area contributed by atoms with Crippen molar-refractivity contribution in [3.8, 4) is 11.5 Å². The summed E-state index contributed by atoms with van der Waals surface area (Å²) in [6.07, 6.45) is 12.7. The number of carboxylic acid groups (broad SMARTS) is 1. The molecule has 0 bridgehead atoms. The highest BCUT2D eigenvalue weighted by molar-refractivity contribution is 5.92. The lowest BCUT2D eigenvalue weighted by molar-refractivity contribution is 0.0693. The monoisotopic (exact) mass is 336 g/mol. The Bertz CT molecular complexity index is 473. The lowest BCUT2D eigenvalue weighted by Gasteiger charge is -2.10. The number of aryl methyl sites for hydroxylation is 1. The van der Waals surface area contributed by atoms with Crippen LogP contribution in [0.4, 0.5) is 0 Å². The number of rotatable bonds is 13. The lowest BCUT2D eigenvalue weighted by atomic mass is 10.1. The number of benzene rings is 1. The van der Waals surface area contributed by atoms with Crippen molar-refractivity contribution in [3.63, 3.8) is 0 Å². The number of ether oxygens (including phenoxy) is 1. The number of aromatic carboxylic acids is 1. The van der Waals surface area contributed by atoms with Crippen LogP contribution in [0, 0.1) is 6.92 Å². The van der Waals surface area contributed by atoms with Crippen LogP contribution in [0.5, 0.6) is 11.5 Å². The van der Waals surface area contributed by atoms with Gasteiger partial charge in [-0.2, -0.15) is 0 Å². The van der Waals surface area contributed by atoms with E-state index in [2.05, 4.69) is 6.92 Å². The molecule has 0 spiro atoms. The molecule has 4 heteroatoms. The van der Waals surface area contributed by atoms with Crippen molar-refractivity contribution in [3.05, 3.63) is 23.3 Å². The summed E-state index contributed by atoms with van der Waals surface area (Å²) in [5.74, 6) is -0.822. The topological polar surface area (TPSA) is 66.8 Å². The molecule has 0 aromatic heterocycles. The largest absolute Gasteiger partial charge is 0.507 e. The molecule has 0 saturated carbocycles. The van der Waals surface area contributed by atoms with Gasteiger partial charge in [-0.05, 0) is 25.0 Å². The third-order valence-corrected chi connectivity index (χ3v) is 4.27. The van der Waals surface area contributed by atoms with Gasteiger partial charge in [-0.1, -0.05) is 64.7 Å². The van der Waals surface area contributed by atoms with E-state index < -0.39 is 5.97 Å². The lowest BCUT2D eigenvalue weighted by Crippen LogP contribution is -2.02. The minimum Gasteiger partial charge on any atom is -0.507 e. The fourth-order valence-electron chi connectivity index (χ4n) is 2.88. The second kappa shape index (κ2) is 11.8. The van der Waals surface area contributed by atoms with E-state index in [1.165, 1.54) is 57.4 Å². The fourth-order valence-corrected chi connectivity index (χ4v) is 2.88. The third-order valence-electron chi connectivity index (χ3n) is 4.27. The van der Waals surface area contributed by atoms with E-state index in [9.17, 15) is 9.90 Å². The molecule has 0 amide bonds. The van der Waals surface area contributed by atoms with Crippen LogP contribution < -0.4 is 4.74 Å². The number of carboxylic acids is 1. The molecule has 0 saturated heterocycles. The number of carbonyl (C=O) groups is 1. The molecule has 4 nitrogen and oxygen atoms in total. The molecule has 0 atom stereocenters. The average molecular weight is 336 g/mol. The molecule has 0 unspecified atom stereocenters. The normalized spacial score (nSPS) is 10.8. The van der Waals surface area contributed by atoms with Gasteiger partial charge in [0.15, 0.2) is 0 Å². The molecule has 0 aliphatic carbocycles. The molecule has 0 heterocycles. The van der Waals surface area contributed by atoms with Gasteiger partial charge in [0.25, 0.3) is 0 Å². The van der Waals surface area contributed by atoms with E-state index in [1.54, 1.807) is 13.0 Å². The smallest absolute Gasteiger partial charge is 0.339 e. The highest BCUT2D eigenvalue weighted by Crippen LogP contribution is 2.27. The maximum Gasteiger partial charge on any atom is 0.339 e. The van der Waals surface area contributed by atoms with E-state index in [-0.39, 0.29) is 11.3 Å². The highest BCUT2D eigenvalue weighted by Gasteiger charge is 2.14. The molecule has 0 fully saturated rings. The predicted molar refractivity (Wildman–Crippen MR) is 97.1 cm³/mol. The molecule has 0 aliphatic rings. The molecule has 0 radical (unpaired) electrons. The van der Waals surface area contributed by atoms with Crippen LogP contribution in [0.15, 0.2) is 12.1 Å². The Balaban J connectivity index is 2.12. The average Bonchev–Trinajstić information content (AvgIpc) is 2.51. The van der Waals surface area contributed by atoms with Crippen LogP contribution in [0.1, 0.15) is 87.1 Å². The van der Waals surface area contributed by atoms with E-state index in [0.717, 1.165) is 12.8 Å². The van der Waals surface area contributed by atoms with Crippen molar-refractivity contribution < 1.29 is 19.7 Å². The Morgan fingerprint density at radius 1 is 0.958 bits per heavy atom. The van der Waals surface area contributed by atoms with Crippen molar-refractivity contribution in [2.75, 3.05) is 6.61 Å². The van der Waals surface area contributed by atoms with Gasteiger partial charge in [-0.15, -0.1) is 0 Å². The standard InChI is InChI=1S/C20H32O4/c1-3-4-5-6-7-8-9-10-11-12-13-24-17-14-16(2)19(20(22)23)18(21)15-17/h14-15,21H,3-13H2,1-2H3,(H,22,23). The molecular formula is C20H32O4. The van der Waals surface area contributed by atoms with Gasteiger partial charge in [0.05, 0.1) is 6.61 Å². The first-order valence-corrected chi connectivity index (χ1v) is 9.26. The number of hydrogen-bond donors (Lipinski definition) is 2. The summed E-state index contributed by atoms with van der Waals surface area (Å²) >= 11 is 0. The summed E-state index contributed by atoms with van der Waals surface area (Å²) < 4.78 is 5.62. The third kappa shape index (κ3) is 7.71. The zero-order chi connectivity index (χ0) is 17.8. The Kier molecular flexibility index (Phi) is 9.97. The first kappa shape index (κ1) is 20.3. The van der Waals surface area contributed by atoms with Crippen LogP contribution in [-0.4, -0.2) is 22.8 Å². The molecule has 1 aromatic carbocycles. The van der Waals surface area contributed by atoms with Crippen LogP contribution in [0.3, 0.4) is 0 Å². The zero-order valence-electron chi connectivity index (χ0n) is 15.1. The molecular weight excluding hydrogens is 304 g/mol. The quantitative estimate of drug-likeness (QED) is 0.453. The van der Waals surface area contributed by atoms with E-state index in [0.29, 0.717) is 17.9 Å². The first-order chi connectivity index (χ1) is 11.6. The van der Waals surface area contributed by atoms with Crippen molar-refractivity contribution in [1.29, 1.82) is 0 Å².